The van der Waals surface area contributed by atoms with Gasteiger partial charge >= 0.3 is 5.69 Å². The van der Waals surface area contributed by atoms with E-state index in [4.69, 9.17) is 0 Å². The molecule has 2 aliphatic rings. The van der Waals surface area contributed by atoms with Crippen molar-refractivity contribution in [2.75, 3.05) is 12.3 Å². The Kier molecular flexibility index (Phi) is 3.75. The Balaban J connectivity index is 1.52. The summed E-state index contributed by atoms with van der Waals surface area (Å²) in [6, 6.07) is 1.07. The van der Waals surface area contributed by atoms with Crippen molar-refractivity contribution in [3.8, 4) is 0 Å². The van der Waals surface area contributed by atoms with Gasteiger partial charge < -0.3 is 5.32 Å². The molecule has 0 aromatic carbocycles. The highest BCUT2D eigenvalue weighted by atomic mass is 32.2. The van der Waals surface area contributed by atoms with Gasteiger partial charge in [0.15, 0.2) is 5.16 Å². The van der Waals surface area contributed by atoms with Gasteiger partial charge in [0.05, 0.1) is 0 Å². The lowest BCUT2D eigenvalue weighted by atomic mass is 10.0. The van der Waals surface area contributed by atoms with Crippen LogP contribution < -0.4 is 11.0 Å². The highest BCUT2D eigenvalue weighted by Crippen LogP contribution is 2.36. The Labute approximate surface area is 111 Å². The van der Waals surface area contributed by atoms with Crippen LogP contribution in [0.25, 0.3) is 0 Å². The quantitative estimate of drug-likeness (QED) is 0.795. The van der Waals surface area contributed by atoms with Crippen LogP contribution in [-0.2, 0) is 0 Å². The molecule has 1 aliphatic heterocycles. The molecule has 1 saturated heterocycles. The number of nitrogens with one attached hydrogen (secondary N) is 2. The summed E-state index contributed by atoms with van der Waals surface area (Å²) >= 11 is 1.71. The highest BCUT2D eigenvalue weighted by Gasteiger charge is 2.28. The van der Waals surface area contributed by atoms with Crippen molar-refractivity contribution in [1.82, 2.24) is 20.1 Å². The van der Waals surface area contributed by atoms with Crippen LogP contribution in [0.3, 0.4) is 0 Å². The Hall–Kier alpha value is -0.750. The molecular weight excluding hydrogens is 248 g/mol. The van der Waals surface area contributed by atoms with Crippen molar-refractivity contribution in [1.29, 1.82) is 0 Å². The smallest absolute Gasteiger partial charge is 0.314 e. The fourth-order valence-electron chi connectivity index (χ4n) is 2.51. The molecule has 0 bridgehead atoms. The standard InChI is InChI=1S/C12H20N4OS/c17-11-14-15-12(16(11)10-4-5-10)18-8-6-9-3-1-2-7-13-9/h9-10,13H,1-8H2,(H,14,17). The third-order valence-corrected chi connectivity index (χ3v) is 4.68. The Morgan fingerprint density at radius 3 is 2.94 bits per heavy atom. The van der Waals surface area contributed by atoms with E-state index < -0.39 is 0 Å². The first-order valence-electron chi connectivity index (χ1n) is 6.87. The number of H-pyrrole nitrogens is 1. The lowest BCUT2D eigenvalue weighted by molar-refractivity contribution is 0.394. The second kappa shape index (κ2) is 5.48. The number of thioether (sulfide) groups is 1. The Morgan fingerprint density at radius 1 is 1.33 bits per heavy atom. The molecule has 2 fully saturated rings. The zero-order valence-corrected chi connectivity index (χ0v) is 11.3. The molecule has 5 nitrogen and oxygen atoms in total. The van der Waals surface area contributed by atoms with Gasteiger partial charge in [-0.2, -0.15) is 0 Å². The van der Waals surface area contributed by atoms with E-state index in [0.717, 1.165) is 36.7 Å². The third kappa shape index (κ3) is 2.80. The highest BCUT2D eigenvalue weighted by molar-refractivity contribution is 7.99. The van der Waals surface area contributed by atoms with E-state index in [-0.39, 0.29) is 5.69 Å². The summed E-state index contributed by atoms with van der Waals surface area (Å²) in [5, 5.41) is 11.1. The maximum absolute atomic E-state index is 11.6. The molecule has 0 amide bonds. The van der Waals surface area contributed by atoms with Gasteiger partial charge in [0.25, 0.3) is 0 Å². The fourth-order valence-corrected chi connectivity index (χ4v) is 3.58. The minimum atomic E-state index is -0.0456. The Morgan fingerprint density at radius 2 is 2.22 bits per heavy atom. The van der Waals surface area contributed by atoms with Crippen molar-refractivity contribution in [3.05, 3.63) is 10.5 Å². The summed E-state index contributed by atoms with van der Waals surface area (Å²) in [5.74, 6) is 1.04. The van der Waals surface area contributed by atoms with Crippen LogP contribution in [0.1, 0.15) is 44.6 Å². The number of hydrogen-bond acceptors (Lipinski definition) is 4. The minimum Gasteiger partial charge on any atom is -0.314 e. The SMILES string of the molecule is O=c1[nH]nc(SCCC2CCCCN2)n1C1CC1. The van der Waals surface area contributed by atoms with Crippen LogP contribution in [-0.4, -0.2) is 33.1 Å². The van der Waals surface area contributed by atoms with Gasteiger partial charge in [0.2, 0.25) is 0 Å². The lowest BCUT2D eigenvalue weighted by Gasteiger charge is -2.22. The molecule has 6 heteroatoms. The zero-order valence-electron chi connectivity index (χ0n) is 10.5. The monoisotopic (exact) mass is 268 g/mol. The number of aromatic amines is 1. The van der Waals surface area contributed by atoms with E-state index in [0.29, 0.717) is 12.1 Å². The number of aromatic nitrogens is 3. The van der Waals surface area contributed by atoms with Crippen LogP contribution in [0.5, 0.6) is 0 Å². The van der Waals surface area contributed by atoms with Crippen LogP contribution in [0.4, 0.5) is 0 Å². The van der Waals surface area contributed by atoms with E-state index in [9.17, 15) is 4.79 Å². The predicted octanol–water partition coefficient (Wildman–Crippen LogP) is 1.53. The van der Waals surface area contributed by atoms with Crippen molar-refractivity contribution in [2.24, 2.45) is 0 Å². The summed E-state index contributed by atoms with van der Waals surface area (Å²) in [6.45, 7) is 1.16. The van der Waals surface area contributed by atoms with E-state index in [1.165, 1.54) is 19.3 Å². The van der Waals surface area contributed by atoms with Gasteiger partial charge in [-0.1, -0.05) is 18.2 Å². The molecule has 2 N–H and O–H groups in total. The van der Waals surface area contributed by atoms with Gasteiger partial charge in [-0.15, -0.1) is 5.10 Å². The number of rotatable bonds is 5. The minimum absolute atomic E-state index is 0.0456. The van der Waals surface area contributed by atoms with Gasteiger partial charge in [-0.3, -0.25) is 4.57 Å². The molecule has 2 heterocycles. The molecule has 100 valence electrons. The molecule has 3 rings (SSSR count). The second-order valence-electron chi connectivity index (χ2n) is 5.20. The normalized spacial score (nSPS) is 24.3. The summed E-state index contributed by atoms with van der Waals surface area (Å²) < 4.78 is 1.83. The molecule has 18 heavy (non-hydrogen) atoms. The topological polar surface area (TPSA) is 62.7 Å². The van der Waals surface area contributed by atoms with E-state index >= 15 is 0 Å². The maximum atomic E-state index is 11.6. The van der Waals surface area contributed by atoms with Crippen LogP contribution in [0, 0.1) is 0 Å². The third-order valence-electron chi connectivity index (χ3n) is 3.69. The predicted molar refractivity (Wildman–Crippen MR) is 72.1 cm³/mol. The van der Waals surface area contributed by atoms with Gasteiger partial charge in [-0.25, -0.2) is 9.89 Å². The number of nitrogens with zero attached hydrogens (tertiary/aromatic N) is 2. The van der Waals surface area contributed by atoms with Crippen molar-refractivity contribution in [3.63, 3.8) is 0 Å². The summed E-state index contributed by atoms with van der Waals surface area (Å²) in [7, 11) is 0. The maximum Gasteiger partial charge on any atom is 0.344 e. The molecule has 1 saturated carbocycles. The van der Waals surface area contributed by atoms with E-state index in [1.807, 2.05) is 4.57 Å². The molecular formula is C12H20N4OS. The Bertz CT molecular complexity index is 445. The molecule has 1 aromatic heterocycles. The zero-order chi connectivity index (χ0) is 12.4. The number of piperidine rings is 1. The lowest BCUT2D eigenvalue weighted by Crippen LogP contribution is -2.34. The largest absolute Gasteiger partial charge is 0.344 e. The van der Waals surface area contributed by atoms with Crippen molar-refractivity contribution < 1.29 is 0 Å². The van der Waals surface area contributed by atoms with E-state index in [2.05, 4.69) is 15.5 Å². The molecule has 0 radical (unpaired) electrons. The van der Waals surface area contributed by atoms with E-state index in [1.54, 1.807) is 11.8 Å². The average Bonchev–Trinajstić information content (AvgIpc) is 3.16. The summed E-state index contributed by atoms with van der Waals surface area (Å²) in [4.78, 5) is 11.6. The van der Waals surface area contributed by atoms with Crippen molar-refractivity contribution >= 4 is 11.8 Å². The first-order chi connectivity index (χ1) is 8.84. The first-order valence-corrected chi connectivity index (χ1v) is 7.86. The molecule has 0 spiro atoms. The molecule has 1 unspecified atom stereocenters. The molecule has 1 aliphatic carbocycles. The average molecular weight is 268 g/mol. The van der Waals surface area contributed by atoms with Crippen LogP contribution >= 0.6 is 11.8 Å². The molecule has 1 atom stereocenters. The van der Waals surface area contributed by atoms with Gasteiger partial charge in [-0.05, 0) is 38.6 Å². The fraction of sp³-hybridized carbons (Fsp3) is 0.833. The summed E-state index contributed by atoms with van der Waals surface area (Å²) in [5.41, 5.74) is -0.0456. The van der Waals surface area contributed by atoms with Gasteiger partial charge in [0.1, 0.15) is 0 Å². The molecule has 1 aromatic rings. The summed E-state index contributed by atoms with van der Waals surface area (Å²) in [6.07, 6.45) is 7.35. The number of hydrogen-bond donors (Lipinski definition) is 2. The van der Waals surface area contributed by atoms with Crippen LogP contribution in [0.15, 0.2) is 9.95 Å². The second-order valence-corrected chi connectivity index (χ2v) is 6.26. The van der Waals surface area contributed by atoms with Crippen molar-refractivity contribution in [2.45, 2.75) is 55.8 Å². The first kappa shape index (κ1) is 12.3. The van der Waals surface area contributed by atoms with Crippen LogP contribution in [0.2, 0.25) is 0 Å². The van der Waals surface area contributed by atoms with Gasteiger partial charge in [0, 0.05) is 17.8 Å².